The van der Waals surface area contributed by atoms with Crippen molar-refractivity contribution in [1.29, 1.82) is 0 Å². The van der Waals surface area contributed by atoms with E-state index in [1.807, 2.05) is 0 Å². The summed E-state index contributed by atoms with van der Waals surface area (Å²) in [4.78, 5) is 17.5. The maximum absolute atomic E-state index is 10.6. The van der Waals surface area contributed by atoms with E-state index in [1.54, 1.807) is 22.4 Å². The molecule has 0 saturated carbocycles. The van der Waals surface area contributed by atoms with Crippen molar-refractivity contribution in [3.8, 4) is 0 Å². The Morgan fingerprint density at radius 3 is 3.29 bits per heavy atom. The first-order chi connectivity index (χ1) is 6.79. The Labute approximate surface area is 94.0 Å². The zero-order valence-corrected chi connectivity index (χ0v) is 9.75. The number of thiazole rings is 1. The monoisotopic (exact) mass is 276 g/mol. The first-order valence-corrected chi connectivity index (χ1v) is 5.82. The van der Waals surface area contributed by atoms with E-state index in [0.29, 0.717) is 19.7 Å². The summed E-state index contributed by atoms with van der Waals surface area (Å²) in [7, 11) is 0. The van der Waals surface area contributed by atoms with Gasteiger partial charge < -0.3 is 9.64 Å². The fraction of sp³-hybridized carbons (Fsp3) is 0.500. The van der Waals surface area contributed by atoms with E-state index in [2.05, 4.69) is 20.9 Å². The smallest absolute Gasteiger partial charge is 0.209 e. The molecule has 6 heteroatoms. The molecule has 1 amide bonds. The van der Waals surface area contributed by atoms with E-state index in [9.17, 15) is 4.79 Å². The number of halogens is 1. The molecule has 14 heavy (non-hydrogen) atoms. The van der Waals surface area contributed by atoms with Crippen molar-refractivity contribution >= 4 is 33.7 Å². The molecule has 2 rings (SSSR count). The summed E-state index contributed by atoms with van der Waals surface area (Å²) >= 11 is 4.84. The molecule has 1 aliphatic rings. The predicted octanol–water partition coefficient (Wildman–Crippen LogP) is 1.44. The van der Waals surface area contributed by atoms with Crippen molar-refractivity contribution in [2.75, 3.05) is 19.7 Å². The van der Waals surface area contributed by atoms with Gasteiger partial charge in [0.2, 0.25) is 6.41 Å². The van der Waals surface area contributed by atoms with Crippen molar-refractivity contribution in [1.82, 2.24) is 9.88 Å². The maximum Gasteiger partial charge on any atom is 0.209 e. The number of aromatic nitrogens is 1. The van der Waals surface area contributed by atoms with E-state index in [4.69, 9.17) is 4.74 Å². The largest absolute Gasteiger partial charge is 0.369 e. The van der Waals surface area contributed by atoms with Crippen molar-refractivity contribution in [3.05, 3.63) is 15.0 Å². The highest BCUT2D eigenvalue weighted by atomic mass is 79.9. The second-order valence-electron chi connectivity index (χ2n) is 2.98. The lowest BCUT2D eigenvalue weighted by Crippen LogP contribution is -2.36. The second-order valence-corrected chi connectivity index (χ2v) is 5.31. The Kier molecular flexibility index (Phi) is 3.15. The van der Waals surface area contributed by atoms with E-state index in [1.165, 1.54) is 0 Å². The molecule has 1 aromatic rings. The molecule has 1 fully saturated rings. The van der Waals surface area contributed by atoms with Crippen LogP contribution in [0.3, 0.4) is 0 Å². The third-order valence-electron chi connectivity index (χ3n) is 2.06. The summed E-state index contributed by atoms with van der Waals surface area (Å²) < 4.78 is 6.41. The molecule has 1 unspecified atom stereocenters. The first-order valence-electron chi connectivity index (χ1n) is 4.22. The van der Waals surface area contributed by atoms with Crippen molar-refractivity contribution in [3.63, 3.8) is 0 Å². The fourth-order valence-electron chi connectivity index (χ4n) is 1.35. The Balaban J connectivity index is 2.07. The van der Waals surface area contributed by atoms with Gasteiger partial charge in [0.15, 0.2) is 3.92 Å². The van der Waals surface area contributed by atoms with E-state index >= 15 is 0 Å². The molecule has 1 aliphatic heterocycles. The van der Waals surface area contributed by atoms with Crippen LogP contribution >= 0.6 is 27.3 Å². The number of morpholine rings is 1. The van der Waals surface area contributed by atoms with Crippen LogP contribution in [-0.4, -0.2) is 36.0 Å². The van der Waals surface area contributed by atoms with E-state index in [-0.39, 0.29) is 6.10 Å². The molecule has 0 aliphatic carbocycles. The molecular weight excluding hydrogens is 268 g/mol. The number of amides is 1. The van der Waals surface area contributed by atoms with Crippen molar-refractivity contribution < 1.29 is 9.53 Å². The number of hydrogen-bond acceptors (Lipinski definition) is 4. The topological polar surface area (TPSA) is 42.4 Å². The van der Waals surface area contributed by atoms with E-state index < -0.39 is 0 Å². The predicted molar refractivity (Wildman–Crippen MR) is 56.1 cm³/mol. The summed E-state index contributed by atoms with van der Waals surface area (Å²) in [5.74, 6) is 0. The summed E-state index contributed by atoms with van der Waals surface area (Å²) in [6.07, 6.45) is 2.64. The lowest BCUT2D eigenvalue weighted by atomic mass is 10.2. The maximum atomic E-state index is 10.6. The number of carbonyl (C=O) groups excluding carboxylic acids is 1. The number of ether oxygens (including phenoxy) is 1. The number of hydrogen-bond donors (Lipinski definition) is 0. The lowest BCUT2D eigenvalue weighted by molar-refractivity contribution is -0.125. The standard InChI is InChI=1S/C8H9BrN2O2S/c9-8-10-3-7(14-8)6-4-11(5-12)1-2-13-6/h3,5-6H,1-2,4H2. The highest BCUT2D eigenvalue weighted by Crippen LogP contribution is 2.28. The minimum Gasteiger partial charge on any atom is -0.369 e. The molecule has 1 aromatic heterocycles. The van der Waals surface area contributed by atoms with Gasteiger partial charge in [-0.05, 0) is 15.9 Å². The molecule has 76 valence electrons. The third-order valence-corrected chi connectivity index (χ3v) is 3.63. The van der Waals surface area contributed by atoms with Gasteiger partial charge in [0.25, 0.3) is 0 Å². The molecule has 0 N–H and O–H groups in total. The van der Waals surface area contributed by atoms with Crippen LogP contribution in [0.25, 0.3) is 0 Å². The van der Waals surface area contributed by atoms with Gasteiger partial charge in [0.1, 0.15) is 6.10 Å². The van der Waals surface area contributed by atoms with Crippen LogP contribution in [0, 0.1) is 0 Å². The van der Waals surface area contributed by atoms with Crippen LogP contribution in [0.5, 0.6) is 0 Å². The molecule has 0 bridgehead atoms. The molecule has 0 spiro atoms. The molecule has 2 heterocycles. The van der Waals surface area contributed by atoms with Crippen LogP contribution in [-0.2, 0) is 9.53 Å². The molecule has 0 radical (unpaired) electrons. The summed E-state index contributed by atoms with van der Waals surface area (Å²) in [5.41, 5.74) is 0. The molecular formula is C8H9BrN2O2S. The average molecular weight is 277 g/mol. The van der Waals surface area contributed by atoms with Crippen molar-refractivity contribution in [2.24, 2.45) is 0 Å². The molecule has 0 aromatic carbocycles. The van der Waals surface area contributed by atoms with E-state index in [0.717, 1.165) is 15.2 Å². The van der Waals surface area contributed by atoms with Gasteiger partial charge in [-0.25, -0.2) is 4.98 Å². The van der Waals surface area contributed by atoms with Crippen LogP contribution in [0.4, 0.5) is 0 Å². The minimum atomic E-state index is -0.0160. The number of carbonyl (C=O) groups is 1. The molecule has 1 atom stereocenters. The lowest BCUT2D eigenvalue weighted by Gasteiger charge is -2.29. The Bertz CT molecular complexity index is 331. The summed E-state index contributed by atoms with van der Waals surface area (Å²) in [6, 6.07) is 0. The molecule has 1 saturated heterocycles. The summed E-state index contributed by atoms with van der Waals surface area (Å²) in [5, 5.41) is 0. The van der Waals surface area contributed by atoms with Gasteiger partial charge >= 0.3 is 0 Å². The average Bonchev–Trinajstić information content (AvgIpc) is 2.65. The highest BCUT2D eigenvalue weighted by Gasteiger charge is 2.22. The van der Waals surface area contributed by atoms with Crippen molar-refractivity contribution in [2.45, 2.75) is 6.10 Å². The zero-order valence-electron chi connectivity index (χ0n) is 7.35. The van der Waals surface area contributed by atoms with Crippen LogP contribution < -0.4 is 0 Å². The van der Waals surface area contributed by atoms with Crippen LogP contribution in [0.2, 0.25) is 0 Å². The molecule has 4 nitrogen and oxygen atoms in total. The van der Waals surface area contributed by atoms with Gasteiger partial charge in [-0.15, -0.1) is 11.3 Å². The van der Waals surface area contributed by atoms with Crippen LogP contribution in [0.15, 0.2) is 10.1 Å². The Morgan fingerprint density at radius 1 is 1.79 bits per heavy atom. The first kappa shape index (κ1) is 10.1. The van der Waals surface area contributed by atoms with Gasteiger partial charge in [-0.1, -0.05) is 0 Å². The Hall–Kier alpha value is -0.460. The van der Waals surface area contributed by atoms with Gasteiger partial charge in [-0.3, -0.25) is 4.79 Å². The number of rotatable bonds is 2. The van der Waals surface area contributed by atoms with Gasteiger partial charge in [0.05, 0.1) is 18.0 Å². The van der Waals surface area contributed by atoms with Gasteiger partial charge in [0, 0.05) is 12.7 Å². The SMILES string of the molecule is O=CN1CCOC(c2cnc(Br)s2)C1. The third kappa shape index (κ3) is 2.13. The fourth-order valence-corrected chi connectivity index (χ4v) is 2.69. The Morgan fingerprint density at radius 2 is 2.64 bits per heavy atom. The van der Waals surface area contributed by atoms with Crippen LogP contribution in [0.1, 0.15) is 11.0 Å². The second kappa shape index (κ2) is 4.37. The minimum absolute atomic E-state index is 0.0160. The normalized spacial score (nSPS) is 22.4. The summed E-state index contributed by atoms with van der Waals surface area (Å²) in [6.45, 7) is 1.90. The quantitative estimate of drug-likeness (QED) is 0.768. The zero-order chi connectivity index (χ0) is 9.97. The highest BCUT2D eigenvalue weighted by molar-refractivity contribution is 9.11. The van der Waals surface area contributed by atoms with Gasteiger partial charge in [-0.2, -0.15) is 0 Å². The number of nitrogens with zero attached hydrogens (tertiary/aromatic N) is 2.